The van der Waals surface area contributed by atoms with E-state index in [-0.39, 0.29) is 12.1 Å². The molecule has 3 aromatic rings. The second-order valence-electron chi connectivity index (χ2n) is 7.21. The number of esters is 1. The zero-order chi connectivity index (χ0) is 18.2. The number of carbonyl (C=O) groups is 1. The lowest BCUT2D eigenvalue weighted by molar-refractivity contribution is -0.159. The summed E-state index contributed by atoms with van der Waals surface area (Å²) in [4.78, 5) is 12.3. The lowest BCUT2D eigenvalue weighted by atomic mass is 9.90. The zero-order valence-electron chi connectivity index (χ0n) is 15.1. The molecule has 1 unspecified atom stereocenters. The van der Waals surface area contributed by atoms with Gasteiger partial charge in [0, 0.05) is 10.4 Å². The van der Waals surface area contributed by atoms with Crippen LogP contribution in [0, 0.1) is 5.41 Å². The average molecular weight is 355 g/mol. The van der Waals surface area contributed by atoms with E-state index in [2.05, 4.69) is 30.3 Å². The Labute approximate surface area is 153 Å². The quantitative estimate of drug-likeness (QED) is 0.385. The van der Waals surface area contributed by atoms with Gasteiger partial charge in [-0.1, -0.05) is 42.8 Å². The molecule has 0 aliphatic heterocycles. The highest BCUT2D eigenvalue weighted by Crippen LogP contribution is 2.33. The summed E-state index contributed by atoms with van der Waals surface area (Å²) in [7, 11) is 0. The van der Waals surface area contributed by atoms with Crippen molar-refractivity contribution >= 4 is 39.1 Å². The predicted octanol–water partition coefficient (Wildman–Crippen LogP) is 6.69. The Morgan fingerprint density at radius 2 is 1.72 bits per heavy atom. The molecule has 0 spiro atoms. The van der Waals surface area contributed by atoms with Crippen molar-refractivity contribution < 1.29 is 9.53 Å². The van der Waals surface area contributed by atoms with Crippen LogP contribution in [-0.4, -0.2) is 5.97 Å². The third-order valence-corrected chi connectivity index (χ3v) is 5.29. The van der Waals surface area contributed by atoms with Gasteiger partial charge < -0.3 is 4.74 Å². The van der Waals surface area contributed by atoms with Gasteiger partial charge in [0.1, 0.15) is 6.10 Å². The fraction of sp³-hybridized carbons (Fsp3) is 0.318. The first-order valence-corrected chi connectivity index (χ1v) is 9.02. The van der Waals surface area contributed by atoms with E-state index in [9.17, 15) is 4.79 Å². The topological polar surface area (TPSA) is 26.3 Å². The van der Waals surface area contributed by atoms with E-state index in [4.69, 9.17) is 16.3 Å². The van der Waals surface area contributed by atoms with Crippen LogP contribution in [0.5, 0.6) is 0 Å². The Balaban J connectivity index is 1.99. The molecule has 0 saturated heterocycles. The van der Waals surface area contributed by atoms with E-state index < -0.39 is 5.41 Å². The molecular weight excluding hydrogens is 332 g/mol. The van der Waals surface area contributed by atoms with Crippen LogP contribution in [0.15, 0.2) is 48.5 Å². The number of rotatable bonds is 4. The predicted molar refractivity (Wildman–Crippen MR) is 105 cm³/mol. The summed E-state index contributed by atoms with van der Waals surface area (Å²) < 4.78 is 5.69. The smallest absolute Gasteiger partial charge is 0.312 e. The minimum Gasteiger partial charge on any atom is -0.457 e. The second-order valence-corrected chi connectivity index (χ2v) is 7.62. The maximum absolute atomic E-state index is 12.3. The van der Waals surface area contributed by atoms with Crippen LogP contribution < -0.4 is 0 Å². The number of hydrogen-bond donors (Lipinski definition) is 0. The molecule has 3 heteroatoms. The average Bonchev–Trinajstić information content (AvgIpc) is 2.60. The summed E-state index contributed by atoms with van der Waals surface area (Å²) in [6, 6.07) is 16.4. The third-order valence-electron chi connectivity index (χ3n) is 4.98. The lowest BCUT2D eigenvalue weighted by Gasteiger charge is -2.24. The minimum atomic E-state index is -0.481. The lowest BCUT2D eigenvalue weighted by Crippen LogP contribution is -2.26. The van der Waals surface area contributed by atoms with Crippen LogP contribution in [0.1, 0.15) is 45.8 Å². The van der Waals surface area contributed by atoms with Crippen LogP contribution in [-0.2, 0) is 9.53 Å². The molecule has 0 N–H and O–H groups in total. The standard InChI is InChI=1S/C22H23ClO2/c1-5-22(3,4)21(24)25-14(2)17-11-18-10-15-8-6-7-9-16(15)12-19(18)20(23)13-17/h6-14H,5H2,1-4H3. The van der Waals surface area contributed by atoms with Crippen molar-refractivity contribution in [2.75, 3.05) is 0 Å². The molecule has 3 aromatic carbocycles. The van der Waals surface area contributed by atoms with Gasteiger partial charge in [0.25, 0.3) is 0 Å². The SMILES string of the molecule is CCC(C)(C)C(=O)OC(C)c1cc(Cl)c2cc3ccccc3cc2c1. The summed E-state index contributed by atoms with van der Waals surface area (Å²) >= 11 is 6.52. The highest BCUT2D eigenvalue weighted by molar-refractivity contribution is 6.36. The number of carbonyl (C=O) groups excluding carboxylic acids is 1. The molecular formula is C22H23ClO2. The van der Waals surface area contributed by atoms with E-state index in [0.29, 0.717) is 5.02 Å². The van der Waals surface area contributed by atoms with Gasteiger partial charge in [0.2, 0.25) is 0 Å². The maximum atomic E-state index is 12.3. The first-order valence-electron chi connectivity index (χ1n) is 8.65. The summed E-state index contributed by atoms with van der Waals surface area (Å²) in [5, 5.41) is 5.07. The number of hydrogen-bond acceptors (Lipinski definition) is 2. The number of benzene rings is 3. The normalized spacial score (nSPS) is 13.2. The third kappa shape index (κ3) is 3.50. The van der Waals surface area contributed by atoms with Gasteiger partial charge in [0.15, 0.2) is 0 Å². The molecule has 0 aromatic heterocycles. The van der Waals surface area contributed by atoms with Crippen molar-refractivity contribution in [1.82, 2.24) is 0 Å². The van der Waals surface area contributed by atoms with Gasteiger partial charge in [-0.05, 0) is 73.2 Å². The van der Waals surface area contributed by atoms with E-state index in [1.54, 1.807) is 0 Å². The highest BCUT2D eigenvalue weighted by Gasteiger charge is 2.29. The number of halogens is 1. The number of fused-ring (bicyclic) bond motifs is 2. The van der Waals surface area contributed by atoms with Crippen LogP contribution in [0.25, 0.3) is 21.5 Å². The van der Waals surface area contributed by atoms with Crippen molar-refractivity contribution in [2.24, 2.45) is 5.41 Å². The fourth-order valence-electron chi connectivity index (χ4n) is 2.80. The van der Waals surface area contributed by atoms with Crippen molar-refractivity contribution in [2.45, 2.75) is 40.2 Å². The molecule has 2 nitrogen and oxygen atoms in total. The van der Waals surface area contributed by atoms with Crippen LogP contribution in [0.3, 0.4) is 0 Å². The molecule has 0 fully saturated rings. The molecule has 0 heterocycles. The van der Waals surface area contributed by atoms with Gasteiger partial charge in [-0.15, -0.1) is 0 Å². The molecule has 0 saturated carbocycles. The van der Waals surface area contributed by atoms with Gasteiger partial charge >= 0.3 is 5.97 Å². The van der Waals surface area contributed by atoms with Gasteiger partial charge in [-0.3, -0.25) is 4.79 Å². The summed E-state index contributed by atoms with van der Waals surface area (Å²) in [5.41, 5.74) is 0.429. The Morgan fingerprint density at radius 3 is 2.36 bits per heavy atom. The molecule has 0 aliphatic carbocycles. The van der Waals surface area contributed by atoms with Crippen LogP contribution in [0.4, 0.5) is 0 Å². The zero-order valence-corrected chi connectivity index (χ0v) is 15.9. The van der Waals surface area contributed by atoms with E-state index >= 15 is 0 Å². The Kier molecular flexibility index (Phi) is 4.75. The molecule has 0 amide bonds. The molecule has 130 valence electrons. The van der Waals surface area contributed by atoms with E-state index in [1.807, 2.05) is 45.9 Å². The molecule has 0 radical (unpaired) electrons. The van der Waals surface area contributed by atoms with E-state index in [1.165, 1.54) is 5.39 Å². The van der Waals surface area contributed by atoms with Crippen molar-refractivity contribution in [3.05, 3.63) is 59.1 Å². The maximum Gasteiger partial charge on any atom is 0.312 e. The molecule has 0 bridgehead atoms. The van der Waals surface area contributed by atoms with Crippen LogP contribution in [0.2, 0.25) is 5.02 Å². The fourth-order valence-corrected chi connectivity index (χ4v) is 3.09. The van der Waals surface area contributed by atoms with Crippen molar-refractivity contribution in [3.63, 3.8) is 0 Å². The second kappa shape index (κ2) is 6.68. The molecule has 25 heavy (non-hydrogen) atoms. The summed E-state index contributed by atoms with van der Waals surface area (Å²) in [5.74, 6) is -0.183. The molecule has 0 aliphatic rings. The Morgan fingerprint density at radius 1 is 1.08 bits per heavy atom. The Hall–Kier alpha value is -2.06. The Bertz CT molecular complexity index is 943. The van der Waals surface area contributed by atoms with Gasteiger partial charge in [-0.25, -0.2) is 0 Å². The van der Waals surface area contributed by atoms with Crippen molar-refractivity contribution in [3.8, 4) is 0 Å². The molecule has 3 rings (SSSR count). The van der Waals surface area contributed by atoms with Gasteiger partial charge in [-0.2, -0.15) is 0 Å². The summed E-state index contributed by atoms with van der Waals surface area (Å²) in [6.45, 7) is 7.69. The minimum absolute atomic E-state index is 0.183. The first-order chi connectivity index (χ1) is 11.8. The molecule has 1 atom stereocenters. The van der Waals surface area contributed by atoms with Crippen molar-refractivity contribution in [1.29, 1.82) is 0 Å². The largest absolute Gasteiger partial charge is 0.457 e. The van der Waals surface area contributed by atoms with Crippen LogP contribution >= 0.6 is 11.6 Å². The number of ether oxygens (including phenoxy) is 1. The van der Waals surface area contributed by atoms with Gasteiger partial charge in [0.05, 0.1) is 5.41 Å². The monoisotopic (exact) mass is 354 g/mol. The highest BCUT2D eigenvalue weighted by atomic mass is 35.5. The summed E-state index contributed by atoms with van der Waals surface area (Å²) in [6.07, 6.45) is 0.398. The van der Waals surface area contributed by atoms with E-state index in [0.717, 1.165) is 28.1 Å². The first kappa shape index (κ1) is 17.8.